The number of halogens is 1. The maximum Gasteiger partial charge on any atom is 0.179 e. The van der Waals surface area contributed by atoms with Gasteiger partial charge >= 0.3 is 0 Å². The summed E-state index contributed by atoms with van der Waals surface area (Å²) in [4.78, 5) is 0. The van der Waals surface area contributed by atoms with Crippen LogP contribution < -0.4 is 14.8 Å². The lowest BCUT2D eigenvalue weighted by atomic mass is 9.75. The van der Waals surface area contributed by atoms with Gasteiger partial charge in [-0.2, -0.15) is 0 Å². The summed E-state index contributed by atoms with van der Waals surface area (Å²) < 4.78 is 11.6. The summed E-state index contributed by atoms with van der Waals surface area (Å²) in [6.45, 7) is 8.12. The predicted molar refractivity (Wildman–Crippen MR) is 85.6 cm³/mol. The first-order chi connectivity index (χ1) is 10.2. The molecule has 0 aromatic heterocycles. The van der Waals surface area contributed by atoms with Gasteiger partial charge in [0.2, 0.25) is 0 Å². The van der Waals surface area contributed by atoms with Crippen molar-refractivity contribution in [3.8, 4) is 11.5 Å². The van der Waals surface area contributed by atoms with E-state index >= 15 is 0 Å². The zero-order valence-corrected chi connectivity index (χ0v) is 13.6. The highest BCUT2D eigenvalue weighted by molar-refractivity contribution is 6.32. The molecule has 3 rings (SSSR count). The molecule has 2 heterocycles. The fourth-order valence-electron chi connectivity index (χ4n) is 3.46. The number of fused-ring (bicyclic) bond motifs is 1. The van der Waals surface area contributed by atoms with Crippen molar-refractivity contribution < 1.29 is 9.47 Å². The van der Waals surface area contributed by atoms with Crippen LogP contribution in [0.15, 0.2) is 12.1 Å². The Morgan fingerprint density at radius 3 is 2.86 bits per heavy atom. The maximum absolute atomic E-state index is 6.45. The second-order valence-electron chi connectivity index (χ2n) is 6.39. The van der Waals surface area contributed by atoms with E-state index < -0.39 is 0 Å². The number of rotatable bonds is 2. The van der Waals surface area contributed by atoms with Crippen LogP contribution >= 0.6 is 11.6 Å². The Labute approximate surface area is 132 Å². The van der Waals surface area contributed by atoms with Crippen LogP contribution in [0.5, 0.6) is 11.5 Å². The van der Waals surface area contributed by atoms with E-state index in [1.54, 1.807) is 0 Å². The molecular formula is C17H24ClNO2. The molecule has 2 aliphatic heterocycles. The van der Waals surface area contributed by atoms with Crippen molar-refractivity contribution in [2.45, 2.75) is 32.6 Å². The van der Waals surface area contributed by atoms with Crippen molar-refractivity contribution >= 4 is 11.6 Å². The molecule has 4 heteroatoms. The van der Waals surface area contributed by atoms with Gasteiger partial charge < -0.3 is 14.8 Å². The molecule has 0 spiro atoms. The summed E-state index contributed by atoms with van der Waals surface area (Å²) in [7, 11) is 0. The minimum Gasteiger partial charge on any atom is -0.489 e. The van der Waals surface area contributed by atoms with Crippen molar-refractivity contribution in [2.75, 3.05) is 26.3 Å². The average molecular weight is 310 g/mol. The van der Waals surface area contributed by atoms with Crippen LogP contribution in [-0.2, 0) is 0 Å². The SMILES string of the molecule is CC(C)C1CNCCC1c1cc(Cl)c2c(c1)OCCCO2. The normalized spacial score (nSPS) is 25.7. The van der Waals surface area contributed by atoms with Crippen LogP contribution in [0.4, 0.5) is 0 Å². The maximum atomic E-state index is 6.45. The first-order valence-corrected chi connectivity index (χ1v) is 8.34. The second-order valence-corrected chi connectivity index (χ2v) is 6.79. The monoisotopic (exact) mass is 309 g/mol. The molecule has 0 amide bonds. The number of nitrogens with one attached hydrogen (secondary N) is 1. The van der Waals surface area contributed by atoms with Gasteiger partial charge in [0.1, 0.15) is 0 Å². The van der Waals surface area contributed by atoms with E-state index in [0.29, 0.717) is 41.7 Å². The summed E-state index contributed by atoms with van der Waals surface area (Å²) in [6.07, 6.45) is 2.06. The molecular weight excluding hydrogens is 286 g/mol. The summed E-state index contributed by atoms with van der Waals surface area (Å²) in [6, 6.07) is 4.23. The molecule has 1 fully saturated rings. The lowest BCUT2D eigenvalue weighted by molar-refractivity contribution is 0.254. The minimum atomic E-state index is 0.543. The van der Waals surface area contributed by atoms with Crippen molar-refractivity contribution in [1.29, 1.82) is 0 Å². The molecule has 21 heavy (non-hydrogen) atoms. The highest BCUT2D eigenvalue weighted by Crippen LogP contribution is 2.43. The Morgan fingerprint density at radius 1 is 1.24 bits per heavy atom. The molecule has 116 valence electrons. The predicted octanol–water partition coefficient (Wildman–Crippen LogP) is 3.85. The number of hydrogen-bond donors (Lipinski definition) is 1. The van der Waals surface area contributed by atoms with Gasteiger partial charge in [0.25, 0.3) is 0 Å². The van der Waals surface area contributed by atoms with Crippen molar-refractivity contribution in [3.05, 3.63) is 22.7 Å². The van der Waals surface area contributed by atoms with E-state index in [0.717, 1.165) is 31.7 Å². The van der Waals surface area contributed by atoms with E-state index in [9.17, 15) is 0 Å². The largest absolute Gasteiger partial charge is 0.489 e. The smallest absolute Gasteiger partial charge is 0.179 e. The molecule has 2 atom stereocenters. The highest BCUT2D eigenvalue weighted by Gasteiger charge is 2.30. The third-order valence-corrected chi connectivity index (χ3v) is 4.92. The van der Waals surface area contributed by atoms with Gasteiger partial charge in [-0.15, -0.1) is 0 Å². The third kappa shape index (κ3) is 3.14. The van der Waals surface area contributed by atoms with Gasteiger partial charge in [-0.05, 0) is 55.0 Å². The summed E-state index contributed by atoms with van der Waals surface area (Å²) in [5.74, 6) is 3.36. The van der Waals surface area contributed by atoms with Crippen molar-refractivity contribution in [3.63, 3.8) is 0 Å². The molecule has 3 nitrogen and oxygen atoms in total. The van der Waals surface area contributed by atoms with Crippen LogP contribution in [0, 0.1) is 11.8 Å². The van der Waals surface area contributed by atoms with E-state index in [4.69, 9.17) is 21.1 Å². The highest BCUT2D eigenvalue weighted by atomic mass is 35.5. The van der Waals surface area contributed by atoms with Crippen LogP contribution in [0.3, 0.4) is 0 Å². The molecule has 1 N–H and O–H groups in total. The summed E-state index contributed by atoms with van der Waals surface area (Å²) >= 11 is 6.45. The van der Waals surface area contributed by atoms with E-state index in [1.165, 1.54) is 5.56 Å². The number of piperidine rings is 1. The van der Waals surface area contributed by atoms with Crippen molar-refractivity contribution in [2.24, 2.45) is 11.8 Å². The lowest BCUT2D eigenvalue weighted by Crippen LogP contribution is -2.38. The number of hydrogen-bond acceptors (Lipinski definition) is 3. The molecule has 2 unspecified atom stereocenters. The fourth-order valence-corrected chi connectivity index (χ4v) is 3.74. The zero-order valence-electron chi connectivity index (χ0n) is 12.8. The first-order valence-electron chi connectivity index (χ1n) is 7.96. The first kappa shape index (κ1) is 15.0. The van der Waals surface area contributed by atoms with Gasteiger partial charge in [-0.25, -0.2) is 0 Å². The number of ether oxygens (including phenoxy) is 2. The van der Waals surface area contributed by atoms with Crippen LogP contribution in [0.2, 0.25) is 5.02 Å². The Bertz CT molecular complexity index is 504. The minimum absolute atomic E-state index is 0.543. The Hall–Kier alpha value is -0.930. The van der Waals surface area contributed by atoms with Crippen LogP contribution in [0.25, 0.3) is 0 Å². The molecule has 0 radical (unpaired) electrons. The van der Waals surface area contributed by atoms with Gasteiger partial charge in [0.05, 0.1) is 18.2 Å². The Kier molecular flexibility index (Phi) is 4.60. The van der Waals surface area contributed by atoms with Gasteiger partial charge in [0, 0.05) is 6.42 Å². The lowest BCUT2D eigenvalue weighted by Gasteiger charge is -2.35. The molecule has 2 aliphatic rings. The number of benzene rings is 1. The van der Waals surface area contributed by atoms with E-state index in [2.05, 4.69) is 31.3 Å². The summed E-state index contributed by atoms with van der Waals surface area (Å²) in [5.41, 5.74) is 1.30. The molecule has 1 aromatic rings. The molecule has 1 saturated heterocycles. The summed E-state index contributed by atoms with van der Waals surface area (Å²) in [5, 5.41) is 4.20. The average Bonchev–Trinajstić information content (AvgIpc) is 2.73. The van der Waals surface area contributed by atoms with E-state index in [1.807, 2.05) is 0 Å². The topological polar surface area (TPSA) is 30.5 Å². The zero-order chi connectivity index (χ0) is 14.8. The van der Waals surface area contributed by atoms with Crippen molar-refractivity contribution in [1.82, 2.24) is 5.32 Å². The van der Waals surface area contributed by atoms with Crippen LogP contribution in [0.1, 0.15) is 38.2 Å². The van der Waals surface area contributed by atoms with Crippen LogP contribution in [-0.4, -0.2) is 26.3 Å². The quantitative estimate of drug-likeness (QED) is 0.900. The van der Waals surface area contributed by atoms with Gasteiger partial charge in [0.15, 0.2) is 11.5 Å². The Balaban J connectivity index is 1.94. The standard InChI is InChI=1S/C17H24ClNO2/c1-11(2)14-10-19-5-4-13(14)12-8-15(18)17-16(9-12)20-6-3-7-21-17/h8-9,11,13-14,19H,3-7,10H2,1-2H3. The molecule has 0 saturated carbocycles. The second kappa shape index (κ2) is 6.45. The Morgan fingerprint density at radius 2 is 2.05 bits per heavy atom. The third-order valence-electron chi connectivity index (χ3n) is 4.64. The van der Waals surface area contributed by atoms with Gasteiger partial charge in [-0.1, -0.05) is 25.4 Å². The molecule has 1 aromatic carbocycles. The van der Waals surface area contributed by atoms with E-state index in [-0.39, 0.29) is 0 Å². The van der Waals surface area contributed by atoms with Gasteiger partial charge in [-0.3, -0.25) is 0 Å². The molecule has 0 bridgehead atoms. The fraction of sp³-hybridized carbons (Fsp3) is 0.647. The molecule has 0 aliphatic carbocycles.